The van der Waals surface area contributed by atoms with Crippen LogP contribution in [0.2, 0.25) is 13.1 Å². The van der Waals surface area contributed by atoms with Crippen LogP contribution in [0.25, 0.3) is 0 Å². The van der Waals surface area contributed by atoms with Crippen molar-refractivity contribution in [1.29, 1.82) is 0 Å². The summed E-state index contributed by atoms with van der Waals surface area (Å²) in [5.41, 5.74) is -1.24. The zero-order chi connectivity index (χ0) is 28.0. The summed E-state index contributed by atoms with van der Waals surface area (Å²) in [5.74, 6) is -1.64. The number of rotatable bonds is 11. The number of nitro benzene ring substituents is 1. The van der Waals surface area contributed by atoms with Crippen LogP contribution in [-0.2, 0) is 25.3 Å². The maximum Gasteiger partial charge on any atom is 0.412 e. The first-order chi connectivity index (χ1) is 17.2. The smallest absolute Gasteiger partial charge is 0.412 e. The molecule has 0 aromatic heterocycles. The van der Waals surface area contributed by atoms with Gasteiger partial charge in [-0.1, -0.05) is 20.8 Å². The van der Waals surface area contributed by atoms with Crippen molar-refractivity contribution in [3.8, 4) is 0 Å². The summed E-state index contributed by atoms with van der Waals surface area (Å²) in [5, 5.41) is 22.6. The van der Waals surface area contributed by atoms with Crippen LogP contribution in [0.5, 0.6) is 0 Å². The summed E-state index contributed by atoms with van der Waals surface area (Å²) in [7, 11) is -1.50. The largest absolute Gasteiger partial charge is 0.466 e. The highest BCUT2D eigenvalue weighted by Crippen LogP contribution is 2.48. The van der Waals surface area contributed by atoms with E-state index in [1.807, 2.05) is 33.9 Å². The second-order valence-electron chi connectivity index (χ2n) is 10.4. The summed E-state index contributed by atoms with van der Waals surface area (Å²) in [6.07, 6.45) is -0.713. The summed E-state index contributed by atoms with van der Waals surface area (Å²) in [6.45, 7) is 11.1. The fourth-order valence-electron chi connectivity index (χ4n) is 4.54. The SMILES string of the molecule is CCOC(=O)CC(C[N+](=O)[O-])[C@@]1(O[Si](C)C)C[C@H](C(C)(C)C)CN1C(=O)OCc1ccc([N+](=O)[O-])cc1. The molecular weight excluding hydrogens is 502 g/mol. The second-order valence-corrected chi connectivity index (χ2v) is 12.5. The van der Waals surface area contributed by atoms with E-state index < -0.39 is 49.1 Å². The molecule has 37 heavy (non-hydrogen) atoms. The van der Waals surface area contributed by atoms with E-state index in [0.29, 0.717) is 12.0 Å². The lowest BCUT2D eigenvalue weighted by Crippen LogP contribution is -2.58. The van der Waals surface area contributed by atoms with Crippen LogP contribution < -0.4 is 0 Å². The van der Waals surface area contributed by atoms with Gasteiger partial charge in [-0.25, -0.2) is 4.79 Å². The number of ether oxygens (including phenoxy) is 2. The Hall–Kier alpha value is -3.06. The Kier molecular flexibility index (Phi) is 10.2. The molecule has 1 amide bonds. The monoisotopic (exact) mass is 538 g/mol. The molecule has 0 N–H and O–H groups in total. The average Bonchev–Trinajstić information content (AvgIpc) is 3.17. The van der Waals surface area contributed by atoms with Crippen molar-refractivity contribution in [2.75, 3.05) is 19.7 Å². The first-order valence-corrected chi connectivity index (χ1v) is 14.5. The average molecular weight is 539 g/mol. The lowest BCUT2D eigenvalue weighted by atomic mass is 9.77. The van der Waals surface area contributed by atoms with E-state index in [1.54, 1.807) is 6.92 Å². The highest BCUT2D eigenvalue weighted by molar-refractivity contribution is 6.48. The molecule has 3 atom stereocenters. The fourth-order valence-corrected chi connectivity index (χ4v) is 5.60. The Balaban J connectivity index is 2.45. The number of hydrogen-bond acceptors (Lipinski definition) is 9. The second kappa shape index (κ2) is 12.5. The van der Waals surface area contributed by atoms with E-state index in [-0.39, 0.29) is 43.2 Å². The third-order valence-electron chi connectivity index (χ3n) is 6.46. The highest BCUT2D eigenvalue weighted by Gasteiger charge is 2.58. The molecule has 0 aliphatic carbocycles. The van der Waals surface area contributed by atoms with E-state index >= 15 is 0 Å². The van der Waals surface area contributed by atoms with Crippen LogP contribution in [0.15, 0.2) is 24.3 Å². The maximum absolute atomic E-state index is 13.5. The van der Waals surface area contributed by atoms with Crippen LogP contribution in [0.3, 0.4) is 0 Å². The van der Waals surface area contributed by atoms with Crippen LogP contribution >= 0.6 is 0 Å². The number of non-ortho nitro benzene ring substituents is 1. The van der Waals surface area contributed by atoms with Gasteiger partial charge in [-0.2, -0.15) is 0 Å². The van der Waals surface area contributed by atoms with Gasteiger partial charge in [-0.05, 0) is 49.0 Å². The molecule has 1 aliphatic heterocycles. The molecule has 1 aliphatic rings. The third-order valence-corrected chi connectivity index (χ3v) is 7.22. The molecule has 205 valence electrons. The van der Waals surface area contributed by atoms with Crippen molar-refractivity contribution < 1.29 is 33.3 Å². The van der Waals surface area contributed by atoms with E-state index in [4.69, 9.17) is 13.9 Å². The standard InChI is InChI=1S/C24H36N3O9Si/c1-7-34-21(28)12-18(15-26(30)31)24(36-37(5)6)13-19(23(2,3)4)14-25(24)22(29)35-16-17-8-10-20(11-9-17)27(32)33/h8-11,18-19H,7,12-16H2,1-6H3/t18?,19-,24-/m0/s1. The molecular formula is C24H36N3O9Si. The van der Waals surface area contributed by atoms with Crippen LogP contribution in [0.4, 0.5) is 10.5 Å². The van der Waals surface area contributed by atoms with E-state index in [0.717, 1.165) is 0 Å². The number of benzene rings is 1. The molecule has 1 saturated heterocycles. The van der Waals surface area contributed by atoms with Crippen molar-refractivity contribution in [1.82, 2.24) is 4.90 Å². The van der Waals surface area contributed by atoms with Crippen LogP contribution in [-0.4, -0.2) is 61.3 Å². The lowest BCUT2D eigenvalue weighted by molar-refractivity contribution is -0.494. The molecule has 1 radical (unpaired) electrons. The highest BCUT2D eigenvalue weighted by atomic mass is 28.3. The zero-order valence-electron chi connectivity index (χ0n) is 22.2. The first-order valence-electron chi connectivity index (χ1n) is 12.1. The van der Waals surface area contributed by atoms with Crippen molar-refractivity contribution in [2.45, 2.75) is 66.0 Å². The predicted molar refractivity (Wildman–Crippen MR) is 135 cm³/mol. The molecule has 1 fully saturated rings. The number of likely N-dealkylation sites (tertiary alicyclic amines) is 1. The topological polar surface area (TPSA) is 151 Å². The zero-order valence-corrected chi connectivity index (χ0v) is 23.2. The van der Waals surface area contributed by atoms with Crippen LogP contribution in [0.1, 0.15) is 46.1 Å². The summed E-state index contributed by atoms with van der Waals surface area (Å²) in [6, 6.07) is 5.62. The molecule has 1 aromatic carbocycles. The Labute approximate surface area is 218 Å². The van der Waals surface area contributed by atoms with Gasteiger partial charge in [-0.3, -0.25) is 29.9 Å². The minimum Gasteiger partial charge on any atom is -0.466 e. The molecule has 0 saturated carbocycles. The minimum atomic E-state index is -1.50. The van der Waals surface area contributed by atoms with Gasteiger partial charge >= 0.3 is 12.1 Å². The molecule has 2 rings (SSSR count). The molecule has 12 nitrogen and oxygen atoms in total. The number of amides is 1. The molecule has 1 heterocycles. The molecule has 1 aromatic rings. The van der Waals surface area contributed by atoms with E-state index in [9.17, 15) is 29.8 Å². The van der Waals surface area contributed by atoms with E-state index in [1.165, 1.54) is 29.2 Å². The van der Waals surface area contributed by atoms with Gasteiger partial charge in [0.15, 0.2) is 0 Å². The van der Waals surface area contributed by atoms with Crippen molar-refractivity contribution in [2.24, 2.45) is 17.3 Å². The number of esters is 1. The van der Waals surface area contributed by atoms with Gasteiger partial charge in [0.25, 0.3) is 5.69 Å². The molecule has 0 spiro atoms. The summed E-state index contributed by atoms with van der Waals surface area (Å²) in [4.78, 5) is 49.0. The van der Waals surface area contributed by atoms with Crippen molar-refractivity contribution in [3.05, 3.63) is 50.1 Å². The number of nitro groups is 2. The van der Waals surface area contributed by atoms with Crippen LogP contribution in [0, 0.1) is 37.5 Å². The van der Waals surface area contributed by atoms with Gasteiger partial charge in [0.05, 0.1) is 23.9 Å². The lowest BCUT2D eigenvalue weighted by Gasteiger charge is -2.43. The first kappa shape index (κ1) is 30.2. The number of carbonyl (C=O) groups is 2. The Bertz CT molecular complexity index is 981. The normalized spacial score (nSPS) is 20.5. The number of carbonyl (C=O) groups excluding carboxylic acids is 2. The van der Waals surface area contributed by atoms with Gasteiger partial charge in [-0.15, -0.1) is 0 Å². The number of nitrogens with zero attached hydrogens (tertiary/aromatic N) is 3. The summed E-state index contributed by atoms with van der Waals surface area (Å²) >= 11 is 0. The van der Waals surface area contributed by atoms with Gasteiger partial charge in [0, 0.05) is 30.0 Å². The minimum absolute atomic E-state index is 0.0859. The fraction of sp³-hybridized carbons (Fsp3) is 0.667. The Morgan fingerprint density at radius 2 is 1.78 bits per heavy atom. The summed E-state index contributed by atoms with van der Waals surface area (Å²) < 4.78 is 17.1. The Morgan fingerprint density at radius 3 is 2.27 bits per heavy atom. The number of hydrogen-bond donors (Lipinski definition) is 0. The van der Waals surface area contributed by atoms with Gasteiger partial charge < -0.3 is 13.9 Å². The predicted octanol–water partition coefficient (Wildman–Crippen LogP) is 4.41. The van der Waals surface area contributed by atoms with Crippen molar-refractivity contribution >= 4 is 26.8 Å². The molecule has 0 bridgehead atoms. The molecule has 1 unspecified atom stereocenters. The maximum atomic E-state index is 13.5. The Morgan fingerprint density at radius 1 is 1.16 bits per heavy atom. The third kappa shape index (κ3) is 7.96. The van der Waals surface area contributed by atoms with Crippen molar-refractivity contribution in [3.63, 3.8) is 0 Å². The van der Waals surface area contributed by atoms with Gasteiger partial charge in [0.2, 0.25) is 15.6 Å². The molecule has 13 heteroatoms. The quantitative estimate of drug-likeness (QED) is 0.173. The van der Waals surface area contributed by atoms with E-state index in [2.05, 4.69) is 0 Å². The van der Waals surface area contributed by atoms with Gasteiger partial charge in [0.1, 0.15) is 12.3 Å².